The van der Waals surface area contributed by atoms with Gasteiger partial charge in [-0.15, -0.1) is 0 Å². The Morgan fingerprint density at radius 3 is 2.38 bits per heavy atom. The number of hydrogen-bond acceptors (Lipinski definition) is 5. The quantitative estimate of drug-likeness (QED) is 0.670. The van der Waals surface area contributed by atoms with Crippen LogP contribution in [0.25, 0.3) is 0 Å². The lowest BCUT2D eigenvalue weighted by Crippen LogP contribution is -2.48. The highest BCUT2D eigenvalue weighted by Crippen LogP contribution is 2.39. The summed E-state index contributed by atoms with van der Waals surface area (Å²) in [5.74, 6) is 0. The first-order chi connectivity index (χ1) is 9.89. The Bertz CT molecular complexity index is 307. The van der Waals surface area contributed by atoms with Gasteiger partial charge in [0.05, 0.1) is 24.9 Å². The molecule has 0 spiro atoms. The van der Waals surface area contributed by atoms with Crippen molar-refractivity contribution in [2.24, 2.45) is 5.41 Å². The molecule has 3 N–H and O–H groups in total. The average molecular weight is 300 g/mol. The summed E-state index contributed by atoms with van der Waals surface area (Å²) in [7, 11) is 0. The smallest absolute Gasteiger partial charge is 0.0791 e. The second-order valence-corrected chi connectivity index (χ2v) is 7.59. The van der Waals surface area contributed by atoms with Gasteiger partial charge in [-0.2, -0.15) is 0 Å². The molecule has 0 aromatic carbocycles. The summed E-state index contributed by atoms with van der Waals surface area (Å²) in [4.78, 5) is 2.23. The summed E-state index contributed by atoms with van der Waals surface area (Å²) in [6.07, 6.45) is 3.47. The van der Waals surface area contributed by atoms with Crippen LogP contribution >= 0.6 is 0 Å². The van der Waals surface area contributed by atoms with Crippen molar-refractivity contribution in [2.75, 3.05) is 45.9 Å². The van der Waals surface area contributed by atoms with Gasteiger partial charge in [-0.1, -0.05) is 13.8 Å². The van der Waals surface area contributed by atoms with E-state index in [4.69, 9.17) is 4.74 Å². The first-order valence-electron chi connectivity index (χ1n) is 8.30. The SMILES string of the molecule is CC1(C)CCC(O)(CNCC(O)CN2CCOCC2)CC1. The van der Waals surface area contributed by atoms with Gasteiger partial charge in [0.15, 0.2) is 0 Å². The van der Waals surface area contributed by atoms with Crippen LogP contribution in [-0.2, 0) is 4.74 Å². The molecule has 5 heteroatoms. The lowest BCUT2D eigenvalue weighted by molar-refractivity contribution is -0.0272. The third-order valence-corrected chi connectivity index (χ3v) is 4.94. The largest absolute Gasteiger partial charge is 0.390 e. The van der Waals surface area contributed by atoms with Crippen molar-refractivity contribution in [3.8, 4) is 0 Å². The molecular weight excluding hydrogens is 268 g/mol. The van der Waals surface area contributed by atoms with Crippen LogP contribution in [0.2, 0.25) is 0 Å². The van der Waals surface area contributed by atoms with Crippen LogP contribution in [0.3, 0.4) is 0 Å². The van der Waals surface area contributed by atoms with E-state index in [9.17, 15) is 10.2 Å². The third kappa shape index (κ3) is 5.83. The van der Waals surface area contributed by atoms with E-state index in [1.165, 1.54) is 0 Å². The minimum Gasteiger partial charge on any atom is -0.390 e. The molecule has 1 saturated heterocycles. The van der Waals surface area contributed by atoms with Crippen LogP contribution in [0, 0.1) is 5.41 Å². The van der Waals surface area contributed by atoms with Crippen molar-refractivity contribution in [1.29, 1.82) is 0 Å². The molecule has 2 rings (SSSR count). The molecule has 0 bridgehead atoms. The van der Waals surface area contributed by atoms with E-state index in [0.29, 0.717) is 25.0 Å². The van der Waals surface area contributed by atoms with Gasteiger partial charge in [-0.3, -0.25) is 4.90 Å². The molecule has 1 heterocycles. The topological polar surface area (TPSA) is 65.0 Å². The molecule has 0 aromatic rings. The molecule has 1 saturated carbocycles. The minimum absolute atomic E-state index is 0.363. The van der Waals surface area contributed by atoms with Crippen molar-refractivity contribution < 1.29 is 14.9 Å². The highest BCUT2D eigenvalue weighted by atomic mass is 16.5. The van der Waals surface area contributed by atoms with Crippen molar-refractivity contribution in [2.45, 2.75) is 51.2 Å². The molecule has 1 aliphatic carbocycles. The first kappa shape index (κ1) is 17.2. The Morgan fingerprint density at radius 1 is 1.14 bits per heavy atom. The third-order valence-electron chi connectivity index (χ3n) is 4.94. The van der Waals surface area contributed by atoms with Crippen LogP contribution in [-0.4, -0.2) is 72.8 Å². The maximum atomic E-state index is 10.6. The fourth-order valence-electron chi connectivity index (χ4n) is 3.19. The van der Waals surface area contributed by atoms with E-state index in [1.807, 2.05) is 0 Å². The van der Waals surface area contributed by atoms with Crippen LogP contribution in [0.5, 0.6) is 0 Å². The molecule has 5 nitrogen and oxygen atoms in total. The highest BCUT2D eigenvalue weighted by Gasteiger charge is 2.36. The lowest BCUT2D eigenvalue weighted by Gasteiger charge is -2.40. The molecule has 124 valence electrons. The first-order valence-corrected chi connectivity index (χ1v) is 8.30. The van der Waals surface area contributed by atoms with E-state index in [1.54, 1.807) is 0 Å². The van der Waals surface area contributed by atoms with Gasteiger partial charge in [0.1, 0.15) is 0 Å². The molecule has 21 heavy (non-hydrogen) atoms. The van der Waals surface area contributed by atoms with Crippen LogP contribution in [0.1, 0.15) is 39.5 Å². The molecule has 0 amide bonds. The normalized spacial score (nSPS) is 27.4. The summed E-state index contributed by atoms with van der Waals surface area (Å²) in [6, 6.07) is 0. The summed E-state index contributed by atoms with van der Waals surface area (Å²) in [5.41, 5.74) is -0.226. The minimum atomic E-state index is -0.589. The zero-order valence-electron chi connectivity index (χ0n) is 13.6. The number of nitrogens with zero attached hydrogens (tertiary/aromatic N) is 1. The molecule has 2 aliphatic rings. The maximum absolute atomic E-state index is 10.6. The van der Waals surface area contributed by atoms with E-state index in [2.05, 4.69) is 24.1 Å². The monoisotopic (exact) mass is 300 g/mol. The predicted octanol–water partition coefficient (Wildman–Crippen LogP) is 0.600. The maximum Gasteiger partial charge on any atom is 0.0791 e. The van der Waals surface area contributed by atoms with Gasteiger partial charge in [-0.05, 0) is 31.1 Å². The van der Waals surface area contributed by atoms with Crippen LogP contribution in [0.4, 0.5) is 0 Å². The fraction of sp³-hybridized carbons (Fsp3) is 1.00. The molecule has 0 aromatic heterocycles. The summed E-state index contributed by atoms with van der Waals surface area (Å²) in [6.45, 7) is 9.67. The molecule has 1 aliphatic heterocycles. The van der Waals surface area contributed by atoms with E-state index < -0.39 is 5.60 Å². The number of nitrogens with one attached hydrogen (secondary N) is 1. The Morgan fingerprint density at radius 2 is 1.76 bits per heavy atom. The van der Waals surface area contributed by atoms with Crippen molar-refractivity contribution in [1.82, 2.24) is 10.2 Å². The zero-order chi connectivity index (χ0) is 15.3. The van der Waals surface area contributed by atoms with Gasteiger partial charge >= 0.3 is 0 Å². The Balaban J connectivity index is 1.62. The Kier molecular flexibility index (Phi) is 6.03. The van der Waals surface area contributed by atoms with Crippen molar-refractivity contribution >= 4 is 0 Å². The molecule has 0 radical (unpaired) electrons. The summed E-state index contributed by atoms with van der Waals surface area (Å²) >= 11 is 0. The Hall–Kier alpha value is -0.200. The van der Waals surface area contributed by atoms with Gasteiger partial charge in [0.25, 0.3) is 0 Å². The molecular formula is C16H32N2O3. The van der Waals surface area contributed by atoms with E-state index in [-0.39, 0.29) is 6.10 Å². The van der Waals surface area contributed by atoms with Crippen molar-refractivity contribution in [3.05, 3.63) is 0 Å². The van der Waals surface area contributed by atoms with Gasteiger partial charge < -0.3 is 20.3 Å². The summed E-state index contributed by atoms with van der Waals surface area (Å²) < 4.78 is 5.30. The van der Waals surface area contributed by atoms with Crippen molar-refractivity contribution in [3.63, 3.8) is 0 Å². The lowest BCUT2D eigenvalue weighted by atomic mass is 9.71. The number of ether oxygens (including phenoxy) is 1. The Labute approximate surface area is 128 Å². The predicted molar refractivity (Wildman–Crippen MR) is 83.3 cm³/mol. The van der Waals surface area contributed by atoms with E-state index in [0.717, 1.165) is 52.0 Å². The van der Waals surface area contributed by atoms with Crippen LogP contribution in [0.15, 0.2) is 0 Å². The standard InChI is InChI=1S/C16H32N2O3/c1-15(2)3-5-16(20,6-4-15)13-17-11-14(19)12-18-7-9-21-10-8-18/h14,17,19-20H,3-13H2,1-2H3. The van der Waals surface area contributed by atoms with Gasteiger partial charge in [0, 0.05) is 32.7 Å². The number of hydrogen-bond donors (Lipinski definition) is 3. The summed E-state index contributed by atoms with van der Waals surface area (Å²) in [5, 5.41) is 23.9. The van der Waals surface area contributed by atoms with Gasteiger partial charge in [0.2, 0.25) is 0 Å². The number of morpholine rings is 1. The number of aliphatic hydroxyl groups is 2. The van der Waals surface area contributed by atoms with Crippen LogP contribution < -0.4 is 5.32 Å². The van der Waals surface area contributed by atoms with Gasteiger partial charge in [-0.25, -0.2) is 0 Å². The average Bonchev–Trinajstić information content (AvgIpc) is 2.44. The van der Waals surface area contributed by atoms with E-state index >= 15 is 0 Å². The molecule has 1 unspecified atom stereocenters. The molecule has 2 fully saturated rings. The second kappa shape index (κ2) is 7.38. The fourth-order valence-corrected chi connectivity index (χ4v) is 3.19. The molecule has 1 atom stereocenters. The zero-order valence-corrected chi connectivity index (χ0v) is 13.6. The highest BCUT2D eigenvalue weighted by molar-refractivity contribution is 4.90. The number of β-amino-alcohol motifs (C(OH)–C–C–N with tert-alkyl or cyclic N) is 1. The second-order valence-electron chi connectivity index (χ2n) is 7.59. The number of aliphatic hydroxyl groups excluding tert-OH is 1. The number of rotatable bonds is 6.